The summed E-state index contributed by atoms with van der Waals surface area (Å²) in [7, 11) is 3.98. The Morgan fingerprint density at radius 2 is 1.82 bits per heavy atom. The second kappa shape index (κ2) is 8.86. The highest BCUT2D eigenvalue weighted by molar-refractivity contribution is 7.14. The quantitative estimate of drug-likeness (QED) is 0.479. The molecule has 0 aliphatic carbocycles. The van der Waals surface area contributed by atoms with Crippen molar-refractivity contribution >= 4 is 34.0 Å². The van der Waals surface area contributed by atoms with Gasteiger partial charge in [-0.1, -0.05) is 47.7 Å². The molecule has 1 N–H and O–H groups in total. The summed E-state index contributed by atoms with van der Waals surface area (Å²) in [5.41, 5.74) is 0. The van der Waals surface area contributed by atoms with Gasteiger partial charge in [-0.3, -0.25) is 0 Å². The number of carboxylic acid groups (broad SMARTS) is 1. The van der Waals surface area contributed by atoms with Crippen molar-refractivity contribution in [3.63, 3.8) is 0 Å². The van der Waals surface area contributed by atoms with E-state index in [0.717, 1.165) is 34.4 Å². The minimum atomic E-state index is -1.62. The van der Waals surface area contributed by atoms with E-state index in [1.807, 2.05) is 56.6 Å². The maximum atomic E-state index is 11.3. The number of benzene rings is 2. The number of carboxylic acids is 1. The minimum absolute atomic E-state index is 0.235. The maximum absolute atomic E-state index is 11.3. The van der Waals surface area contributed by atoms with E-state index in [1.165, 1.54) is 11.3 Å². The number of esters is 1. The fourth-order valence-corrected chi connectivity index (χ4v) is 3.70. The Labute approximate surface area is 166 Å². The Hall–Kier alpha value is -2.90. The van der Waals surface area contributed by atoms with Gasteiger partial charge in [0, 0.05) is 23.2 Å². The topological polar surface area (TPSA) is 76.1 Å². The molecule has 1 unspecified atom stereocenters. The molecule has 0 aliphatic heterocycles. The van der Waals surface area contributed by atoms with E-state index in [4.69, 9.17) is 14.6 Å². The van der Waals surface area contributed by atoms with Gasteiger partial charge in [0.05, 0.1) is 0 Å². The number of aliphatic carboxylic acids is 1. The fraction of sp³-hybridized carbons (Fsp3) is 0.238. The normalized spacial score (nSPS) is 12.1. The van der Waals surface area contributed by atoms with Crippen molar-refractivity contribution in [3.8, 4) is 10.8 Å². The zero-order valence-corrected chi connectivity index (χ0v) is 16.4. The number of hydrogen-bond acceptors (Lipinski definition) is 6. The zero-order valence-electron chi connectivity index (χ0n) is 15.6. The molecule has 0 aliphatic rings. The molecular weight excluding hydrogens is 378 g/mol. The smallest absolute Gasteiger partial charge is 0.423 e. The van der Waals surface area contributed by atoms with Gasteiger partial charge < -0.3 is 19.5 Å². The Bertz CT molecular complexity index is 976. The number of thiophene rings is 1. The average molecular weight is 399 g/mol. The molecule has 6 nitrogen and oxygen atoms in total. The van der Waals surface area contributed by atoms with Crippen LogP contribution in [0.1, 0.15) is 17.4 Å². The maximum Gasteiger partial charge on any atom is 0.423 e. The average Bonchev–Trinajstić information content (AvgIpc) is 3.13. The first kappa shape index (κ1) is 19.9. The number of fused-ring (bicyclic) bond motifs is 1. The highest BCUT2D eigenvalue weighted by Gasteiger charge is 2.20. The molecule has 0 radical (unpaired) electrons. The van der Waals surface area contributed by atoms with Crippen LogP contribution in [-0.2, 0) is 9.59 Å². The number of nitrogens with zero attached hydrogens (tertiary/aromatic N) is 1. The lowest BCUT2D eigenvalue weighted by Crippen LogP contribution is -2.19. The molecule has 2 aromatic carbocycles. The van der Waals surface area contributed by atoms with Gasteiger partial charge in [0.1, 0.15) is 11.9 Å². The van der Waals surface area contributed by atoms with Crippen LogP contribution in [0.4, 0.5) is 0 Å². The van der Waals surface area contributed by atoms with Gasteiger partial charge in [-0.2, -0.15) is 0 Å². The largest absolute Gasteiger partial charge is 0.484 e. The number of carbonyl (C=O) groups is 2. The second-order valence-corrected chi connectivity index (χ2v) is 7.61. The van der Waals surface area contributed by atoms with Crippen LogP contribution in [0, 0.1) is 0 Å². The molecule has 0 bridgehead atoms. The standard InChI is InChI=1S/C21H21NO5S/c1-22(2)13-12-17(18-10-11-19(28-18)27-21(25)20(23)24)26-16-9-5-7-14-6-3-4-8-15(14)16/h3-11,17H,12-13H2,1-2H3,(H,23,24). The molecule has 0 amide bonds. The summed E-state index contributed by atoms with van der Waals surface area (Å²) >= 11 is 1.21. The van der Waals surface area contributed by atoms with Crippen LogP contribution in [0.2, 0.25) is 0 Å². The van der Waals surface area contributed by atoms with Gasteiger partial charge in [-0.05, 0) is 37.7 Å². The van der Waals surface area contributed by atoms with E-state index in [9.17, 15) is 9.59 Å². The van der Waals surface area contributed by atoms with Gasteiger partial charge in [0.15, 0.2) is 5.06 Å². The monoisotopic (exact) mass is 399 g/mol. The third-order valence-electron chi connectivity index (χ3n) is 4.14. The second-order valence-electron chi connectivity index (χ2n) is 6.53. The molecule has 0 spiro atoms. The van der Waals surface area contributed by atoms with Gasteiger partial charge in [-0.15, -0.1) is 0 Å². The molecule has 7 heteroatoms. The molecular formula is C21H21NO5S. The molecule has 0 saturated carbocycles. The zero-order chi connectivity index (χ0) is 20.1. The van der Waals surface area contributed by atoms with Crippen molar-refractivity contribution in [2.75, 3.05) is 20.6 Å². The Balaban J connectivity index is 1.86. The van der Waals surface area contributed by atoms with Crippen LogP contribution in [0.3, 0.4) is 0 Å². The number of hydrogen-bond donors (Lipinski definition) is 1. The predicted octanol–water partition coefficient (Wildman–Crippen LogP) is 3.96. The first-order valence-electron chi connectivity index (χ1n) is 8.78. The molecule has 0 fully saturated rings. The lowest BCUT2D eigenvalue weighted by Gasteiger charge is -2.21. The molecule has 3 rings (SSSR count). The van der Waals surface area contributed by atoms with Gasteiger partial charge >= 0.3 is 11.9 Å². The molecule has 1 heterocycles. The van der Waals surface area contributed by atoms with Gasteiger partial charge in [-0.25, -0.2) is 9.59 Å². The Morgan fingerprint density at radius 3 is 2.57 bits per heavy atom. The molecule has 1 aromatic heterocycles. The first-order valence-corrected chi connectivity index (χ1v) is 9.59. The Kier molecular flexibility index (Phi) is 6.28. The van der Waals surface area contributed by atoms with Gasteiger partial charge in [0.2, 0.25) is 0 Å². The molecule has 146 valence electrons. The number of rotatable bonds is 7. The van der Waals surface area contributed by atoms with Crippen molar-refractivity contribution in [3.05, 3.63) is 59.5 Å². The van der Waals surface area contributed by atoms with E-state index in [0.29, 0.717) is 0 Å². The van der Waals surface area contributed by atoms with Crippen molar-refractivity contribution < 1.29 is 24.2 Å². The molecule has 3 aromatic rings. The Morgan fingerprint density at radius 1 is 1.07 bits per heavy atom. The number of ether oxygens (including phenoxy) is 2. The molecule has 1 atom stereocenters. The lowest BCUT2D eigenvalue weighted by atomic mass is 10.1. The van der Waals surface area contributed by atoms with Crippen molar-refractivity contribution in [2.45, 2.75) is 12.5 Å². The van der Waals surface area contributed by atoms with Crippen LogP contribution in [-0.4, -0.2) is 42.6 Å². The highest BCUT2D eigenvalue weighted by Crippen LogP contribution is 2.36. The SMILES string of the molecule is CN(C)CCC(Oc1cccc2ccccc12)c1ccc(OC(=O)C(=O)O)s1. The van der Waals surface area contributed by atoms with E-state index in [2.05, 4.69) is 4.90 Å². The lowest BCUT2D eigenvalue weighted by molar-refractivity contribution is -0.157. The summed E-state index contributed by atoms with van der Waals surface area (Å²) < 4.78 is 11.2. The third-order valence-corrected chi connectivity index (χ3v) is 5.20. The summed E-state index contributed by atoms with van der Waals surface area (Å²) in [6, 6.07) is 17.3. The summed E-state index contributed by atoms with van der Waals surface area (Å²) in [4.78, 5) is 24.9. The minimum Gasteiger partial charge on any atom is -0.484 e. The highest BCUT2D eigenvalue weighted by atomic mass is 32.1. The van der Waals surface area contributed by atoms with Crippen LogP contribution >= 0.6 is 11.3 Å². The third kappa shape index (κ3) is 4.88. The van der Waals surface area contributed by atoms with E-state index in [1.54, 1.807) is 12.1 Å². The summed E-state index contributed by atoms with van der Waals surface area (Å²) in [5, 5.41) is 11.0. The van der Waals surface area contributed by atoms with Crippen molar-refractivity contribution in [1.29, 1.82) is 0 Å². The first-order chi connectivity index (χ1) is 13.4. The molecule has 0 saturated heterocycles. The summed E-state index contributed by atoms with van der Waals surface area (Å²) in [6.07, 6.45) is 0.471. The van der Waals surface area contributed by atoms with E-state index >= 15 is 0 Å². The van der Waals surface area contributed by atoms with Crippen LogP contribution in [0.5, 0.6) is 10.8 Å². The van der Waals surface area contributed by atoms with Crippen molar-refractivity contribution in [1.82, 2.24) is 4.90 Å². The van der Waals surface area contributed by atoms with Gasteiger partial charge in [0.25, 0.3) is 0 Å². The van der Waals surface area contributed by atoms with Crippen LogP contribution < -0.4 is 9.47 Å². The predicted molar refractivity (Wildman–Crippen MR) is 108 cm³/mol. The van der Waals surface area contributed by atoms with E-state index < -0.39 is 11.9 Å². The van der Waals surface area contributed by atoms with Crippen molar-refractivity contribution in [2.24, 2.45) is 0 Å². The summed E-state index contributed by atoms with van der Waals surface area (Å²) in [5.74, 6) is -2.14. The summed E-state index contributed by atoms with van der Waals surface area (Å²) in [6.45, 7) is 0.803. The fourth-order valence-electron chi connectivity index (χ4n) is 2.78. The van der Waals surface area contributed by atoms with Crippen LogP contribution in [0.15, 0.2) is 54.6 Å². The molecule has 28 heavy (non-hydrogen) atoms. The van der Waals surface area contributed by atoms with Crippen LogP contribution in [0.25, 0.3) is 10.8 Å². The van der Waals surface area contributed by atoms with E-state index in [-0.39, 0.29) is 11.2 Å². The number of carbonyl (C=O) groups excluding carboxylic acids is 1.